The second-order valence-electron chi connectivity index (χ2n) is 4.98. The summed E-state index contributed by atoms with van der Waals surface area (Å²) >= 11 is 0. The lowest BCUT2D eigenvalue weighted by atomic mass is 10.2. The van der Waals surface area contributed by atoms with Crippen molar-refractivity contribution < 1.29 is 14.8 Å². The van der Waals surface area contributed by atoms with Gasteiger partial charge in [0, 0.05) is 17.3 Å². The number of rotatable bonds is 6. The normalized spacial score (nSPS) is 10.5. The van der Waals surface area contributed by atoms with E-state index in [4.69, 9.17) is 0 Å². The summed E-state index contributed by atoms with van der Waals surface area (Å²) in [6, 6.07) is 11.6. The highest BCUT2D eigenvalue weighted by Gasteiger charge is 2.15. The number of aryl methyl sites for hydroxylation is 1. The summed E-state index contributed by atoms with van der Waals surface area (Å²) in [5.74, 6) is -0.893. The Hall–Kier alpha value is -3.42. The molecule has 0 aliphatic heterocycles. The Morgan fingerprint density at radius 1 is 1.29 bits per heavy atom. The molecule has 0 atom stereocenters. The molecule has 0 aromatic heterocycles. The van der Waals surface area contributed by atoms with Crippen LogP contribution in [-0.2, 0) is 4.79 Å². The lowest BCUT2D eigenvalue weighted by Crippen LogP contribution is -2.25. The summed E-state index contributed by atoms with van der Waals surface area (Å²) in [6.07, 6.45) is 1.14. The van der Waals surface area contributed by atoms with Gasteiger partial charge in [-0.25, -0.2) is 5.43 Å². The summed E-state index contributed by atoms with van der Waals surface area (Å²) in [5.41, 5.74) is 3.91. The zero-order valence-electron chi connectivity index (χ0n) is 12.9. The first kappa shape index (κ1) is 16.9. The molecule has 8 heteroatoms. The minimum Gasteiger partial charge on any atom is -0.502 e. The molecule has 0 spiro atoms. The fourth-order valence-corrected chi connectivity index (χ4v) is 1.87. The Bertz CT molecular complexity index is 772. The Kier molecular flexibility index (Phi) is 5.45. The molecular weight excluding hydrogens is 312 g/mol. The zero-order chi connectivity index (χ0) is 17.5. The van der Waals surface area contributed by atoms with E-state index in [9.17, 15) is 20.0 Å². The van der Waals surface area contributed by atoms with Crippen LogP contribution < -0.4 is 10.7 Å². The van der Waals surface area contributed by atoms with Crippen molar-refractivity contribution in [2.75, 3.05) is 11.9 Å². The van der Waals surface area contributed by atoms with Crippen molar-refractivity contribution in [2.45, 2.75) is 6.92 Å². The van der Waals surface area contributed by atoms with Crippen LogP contribution in [0.4, 0.5) is 11.4 Å². The quantitative estimate of drug-likeness (QED) is 0.427. The molecule has 2 aromatic carbocycles. The van der Waals surface area contributed by atoms with E-state index in [-0.39, 0.29) is 12.1 Å². The molecule has 0 unspecified atom stereocenters. The van der Waals surface area contributed by atoms with Gasteiger partial charge in [0.25, 0.3) is 5.91 Å². The predicted molar refractivity (Wildman–Crippen MR) is 90.2 cm³/mol. The summed E-state index contributed by atoms with van der Waals surface area (Å²) < 4.78 is 0. The summed E-state index contributed by atoms with van der Waals surface area (Å²) in [6.45, 7) is 1.98. The standard InChI is InChI=1S/C16H16N4O4/c1-11-5-7-13(8-6-11)17-10-15(21)19-18-9-12-3-2-4-14(16(12)22)20(23)24/h2-9,17,22H,10H2,1H3,(H,19,21). The monoisotopic (exact) mass is 328 g/mol. The first-order valence-electron chi connectivity index (χ1n) is 7.06. The average molecular weight is 328 g/mol. The molecule has 0 saturated heterocycles. The smallest absolute Gasteiger partial charge is 0.311 e. The molecule has 124 valence electrons. The number of hydrazone groups is 1. The molecule has 2 aromatic rings. The molecule has 1 amide bonds. The summed E-state index contributed by atoms with van der Waals surface area (Å²) in [4.78, 5) is 21.7. The van der Waals surface area contributed by atoms with Gasteiger partial charge in [-0.2, -0.15) is 5.10 Å². The minimum atomic E-state index is -0.698. The van der Waals surface area contributed by atoms with Crippen LogP contribution in [0, 0.1) is 17.0 Å². The number of benzene rings is 2. The number of phenols is 1. The Morgan fingerprint density at radius 3 is 2.67 bits per heavy atom. The van der Waals surface area contributed by atoms with E-state index in [1.165, 1.54) is 18.2 Å². The minimum absolute atomic E-state index is 0.0152. The van der Waals surface area contributed by atoms with Gasteiger partial charge in [0.2, 0.25) is 5.75 Å². The van der Waals surface area contributed by atoms with Crippen molar-refractivity contribution in [3.05, 3.63) is 63.7 Å². The highest BCUT2D eigenvalue weighted by Crippen LogP contribution is 2.27. The second kappa shape index (κ2) is 7.73. The number of hydrogen-bond acceptors (Lipinski definition) is 6. The summed E-state index contributed by atoms with van der Waals surface area (Å²) in [5, 5.41) is 27.1. The third-order valence-electron chi connectivity index (χ3n) is 3.14. The van der Waals surface area contributed by atoms with E-state index in [0.717, 1.165) is 17.5 Å². The maximum atomic E-state index is 11.7. The van der Waals surface area contributed by atoms with E-state index in [1.807, 2.05) is 31.2 Å². The van der Waals surface area contributed by atoms with Gasteiger partial charge < -0.3 is 10.4 Å². The van der Waals surface area contributed by atoms with Gasteiger partial charge in [0.15, 0.2) is 0 Å². The number of nitro groups is 1. The SMILES string of the molecule is Cc1ccc(NCC(=O)NN=Cc2cccc([N+](=O)[O-])c2O)cc1. The van der Waals surface area contributed by atoms with Crippen LogP contribution >= 0.6 is 0 Å². The molecule has 0 heterocycles. The first-order chi connectivity index (χ1) is 11.5. The lowest BCUT2D eigenvalue weighted by Gasteiger charge is -2.05. The Balaban J connectivity index is 1.89. The van der Waals surface area contributed by atoms with Crippen LogP contribution in [0.25, 0.3) is 0 Å². The topological polar surface area (TPSA) is 117 Å². The number of anilines is 1. The molecule has 2 rings (SSSR count). The Labute approximate surface area is 138 Å². The van der Waals surface area contributed by atoms with Crippen molar-refractivity contribution >= 4 is 23.5 Å². The predicted octanol–water partition coefficient (Wildman–Crippen LogP) is 2.17. The van der Waals surface area contributed by atoms with Gasteiger partial charge in [-0.1, -0.05) is 23.8 Å². The lowest BCUT2D eigenvalue weighted by molar-refractivity contribution is -0.385. The molecule has 0 saturated carbocycles. The third kappa shape index (κ3) is 4.54. The number of amides is 1. The number of carbonyl (C=O) groups excluding carboxylic acids is 1. The van der Waals surface area contributed by atoms with E-state index >= 15 is 0 Å². The molecule has 0 aliphatic carbocycles. The average Bonchev–Trinajstić information content (AvgIpc) is 2.55. The van der Waals surface area contributed by atoms with Crippen molar-refractivity contribution in [2.24, 2.45) is 5.10 Å². The molecule has 0 radical (unpaired) electrons. The fraction of sp³-hybridized carbons (Fsp3) is 0.125. The molecule has 8 nitrogen and oxygen atoms in total. The third-order valence-corrected chi connectivity index (χ3v) is 3.14. The molecule has 24 heavy (non-hydrogen) atoms. The zero-order valence-corrected chi connectivity index (χ0v) is 12.9. The van der Waals surface area contributed by atoms with Gasteiger partial charge in [-0.3, -0.25) is 14.9 Å². The van der Waals surface area contributed by atoms with Crippen molar-refractivity contribution in [3.63, 3.8) is 0 Å². The highest BCUT2D eigenvalue weighted by atomic mass is 16.6. The largest absolute Gasteiger partial charge is 0.502 e. The van der Waals surface area contributed by atoms with Crippen molar-refractivity contribution in [3.8, 4) is 5.75 Å². The van der Waals surface area contributed by atoms with Crippen LogP contribution in [0.3, 0.4) is 0 Å². The van der Waals surface area contributed by atoms with Crippen LogP contribution in [0.2, 0.25) is 0 Å². The molecule has 3 N–H and O–H groups in total. The number of para-hydroxylation sites is 1. The molecule has 0 fully saturated rings. The van der Waals surface area contributed by atoms with Crippen LogP contribution in [0.5, 0.6) is 5.75 Å². The molecule has 0 aliphatic rings. The number of aromatic hydroxyl groups is 1. The Morgan fingerprint density at radius 2 is 2.00 bits per heavy atom. The number of hydrogen-bond donors (Lipinski definition) is 3. The van der Waals surface area contributed by atoms with Gasteiger partial charge >= 0.3 is 5.69 Å². The molecule has 0 bridgehead atoms. The van der Waals surface area contributed by atoms with Crippen LogP contribution in [0.15, 0.2) is 47.6 Å². The second-order valence-corrected chi connectivity index (χ2v) is 4.98. The van der Waals surface area contributed by atoms with Crippen molar-refractivity contribution in [1.82, 2.24) is 5.43 Å². The van der Waals surface area contributed by atoms with E-state index in [1.54, 1.807) is 0 Å². The van der Waals surface area contributed by atoms with E-state index in [0.29, 0.717) is 0 Å². The van der Waals surface area contributed by atoms with Crippen LogP contribution in [-0.4, -0.2) is 28.7 Å². The summed E-state index contributed by atoms with van der Waals surface area (Å²) in [7, 11) is 0. The fourth-order valence-electron chi connectivity index (χ4n) is 1.87. The van der Waals surface area contributed by atoms with Crippen LogP contribution in [0.1, 0.15) is 11.1 Å². The highest BCUT2D eigenvalue weighted by molar-refractivity contribution is 5.87. The van der Waals surface area contributed by atoms with Gasteiger partial charge in [0.1, 0.15) is 0 Å². The van der Waals surface area contributed by atoms with Gasteiger partial charge in [0.05, 0.1) is 17.7 Å². The number of nitrogens with zero attached hydrogens (tertiary/aromatic N) is 2. The first-order valence-corrected chi connectivity index (χ1v) is 7.06. The van der Waals surface area contributed by atoms with Gasteiger partial charge in [-0.05, 0) is 25.1 Å². The van der Waals surface area contributed by atoms with Crippen molar-refractivity contribution in [1.29, 1.82) is 0 Å². The number of carbonyl (C=O) groups is 1. The maximum absolute atomic E-state index is 11.7. The van der Waals surface area contributed by atoms with E-state index in [2.05, 4.69) is 15.8 Å². The number of nitrogens with one attached hydrogen (secondary N) is 2. The van der Waals surface area contributed by atoms with E-state index < -0.39 is 22.3 Å². The molecular formula is C16H16N4O4. The van der Waals surface area contributed by atoms with Gasteiger partial charge in [-0.15, -0.1) is 0 Å². The maximum Gasteiger partial charge on any atom is 0.311 e. The number of phenolic OH excluding ortho intramolecular Hbond substituents is 1. The number of nitro benzene ring substituents is 1.